The van der Waals surface area contributed by atoms with Crippen LogP contribution in [-0.4, -0.2) is 12.5 Å². The summed E-state index contributed by atoms with van der Waals surface area (Å²) in [5.74, 6) is -1.24. The van der Waals surface area contributed by atoms with Crippen molar-refractivity contribution < 1.29 is 13.6 Å². The van der Waals surface area contributed by atoms with Crippen molar-refractivity contribution in [1.82, 2.24) is 5.32 Å². The zero-order valence-corrected chi connectivity index (χ0v) is 12.5. The lowest BCUT2D eigenvalue weighted by molar-refractivity contribution is -0.118. The summed E-state index contributed by atoms with van der Waals surface area (Å²) in [6, 6.07) is 10.9. The minimum absolute atomic E-state index is 0.0776. The first-order chi connectivity index (χ1) is 10.5. The first-order valence-electron chi connectivity index (χ1n) is 6.94. The van der Waals surface area contributed by atoms with Crippen LogP contribution in [0.2, 0.25) is 0 Å². The highest BCUT2D eigenvalue weighted by molar-refractivity contribution is 5.74. The summed E-state index contributed by atoms with van der Waals surface area (Å²) in [6.07, 6.45) is 1.91. The summed E-state index contributed by atoms with van der Waals surface area (Å²) in [4.78, 5) is 10.8. The third-order valence-corrected chi connectivity index (χ3v) is 3.34. The molecular weight excluding hydrogens is 284 g/mol. The molecule has 0 saturated heterocycles. The molecule has 0 fully saturated rings. The Morgan fingerprint density at radius 2 is 1.77 bits per heavy atom. The maximum Gasteiger partial charge on any atom is 0.217 e. The molecule has 1 amide bonds. The standard InChI is InChI=1S/C18H17F2NO/c1-12(9-10-21-13(2)22)14-3-5-15(6-4-14)17-8-7-16(19)11-18(17)20/h3-9,11H,10H2,1-2H3,(H,21,22). The zero-order valence-electron chi connectivity index (χ0n) is 12.5. The third kappa shape index (κ3) is 4.01. The summed E-state index contributed by atoms with van der Waals surface area (Å²) >= 11 is 0. The fourth-order valence-corrected chi connectivity index (χ4v) is 2.10. The second kappa shape index (κ2) is 6.98. The molecule has 0 aromatic heterocycles. The molecule has 114 valence electrons. The molecule has 1 N–H and O–H groups in total. The predicted octanol–water partition coefficient (Wildman–Crippen LogP) is 4.17. The van der Waals surface area contributed by atoms with Gasteiger partial charge in [0.15, 0.2) is 0 Å². The van der Waals surface area contributed by atoms with Crippen LogP contribution >= 0.6 is 0 Å². The van der Waals surface area contributed by atoms with E-state index in [2.05, 4.69) is 5.32 Å². The van der Waals surface area contributed by atoms with E-state index in [9.17, 15) is 13.6 Å². The third-order valence-electron chi connectivity index (χ3n) is 3.34. The Bertz CT molecular complexity index is 706. The minimum Gasteiger partial charge on any atom is -0.353 e. The van der Waals surface area contributed by atoms with Gasteiger partial charge in [-0.15, -0.1) is 0 Å². The van der Waals surface area contributed by atoms with Crippen LogP contribution in [0.5, 0.6) is 0 Å². The molecule has 2 rings (SSSR count). The first kappa shape index (κ1) is 15.9. The van der Waals surface area contributed by atoms with Crippen LogP contribution < -0.4 is 5.32 Å². The van der Waals surface area contributed by atoms with Crippen LogP contribution in [0, 0.1) is 11.6 Å². The number of hydrogen-bond donors (Lipinski definition) is 1. The predicted molar refractivity (Wildman–Crippen MR) is 84.1 cm³/mol. The SMILES string of the molecule is CC(=O)NCC=C(C)c1ccc(-c2ccc(F)cc2F)cc1. The van der Waals surface area contributed by atoms with E-state index in [-0.39, 0.29) is 5.91 Å². The van der Waals surface area contributed by atoms with Gasteiger partial charge >= 0.3 is 0 Å². The normalized spacial score (nSPS) is 11.4. The van der Waals surface area contributed by atoms with Gasteiger partial charge in [0.2, 0.25) is 5.91 Å². The summed E-state index contributed by atoms with van der Waals surface area (Å²) in [6.45, 7) is 3.88. The van der Waals surface area contributed by atoms with Crippen molar-refractivity contribution in [2.75, 3.05) is 6.54 Å². The number of halogens is 2. The minimum atomic E-state index is -0.588. The largest absolute Gasteiger partial charge is 0.353 e. The van der Waals surface area contributed by atoms with E-state index >= 15 is 0 Å². The van der Waals surface area contributed by atoms with Gasteiger partial charge in [-0.05, 0) is 35.8 Å². The molecule has 0 bridgehead atoms. The summed E-state index contributed by atoms with van der Waals surface area (Å²) in [5.41, 5.74) is 3.06. The Hall–Kier alpha value is -2.49. The van der Waals surface area contributed by atoms with Gasteiger partial charge in [0.05, 0.1) is 0 Å². The molecular formula is C18H17F2NO. The molecule has 0 unspecified atom stereocenters. The summed E-state index contributed by atoms with van der Waals surface area (Å²) in [7, 11) is 0. The van der Waals surface area contributed by atoms with Gasteiger partial charge < -0.3 is 5.32 Å². The van der Waals surface area contributed by atoms with E-state index in [4.69, 9.17) is 0 Å². The lowest BCUT2D eigenvalue weighted by Crippen LogP contribution is -2.19. The van der Waals surface area contributed by atoms with E-state index in [0.29, 0.717) is 17.7 Å². The van der Waals surface area contributed by atoms with E-state index in [1.807, 2.05) is 25.1 Å². The Morgan fingerprint density at radius 1 is 1.09 bits per heavy atom. The van der Waals surface area contributed by atoms with E-state index in [1.54, 1.807) is 12.1 Å². The van der Waals surface area contributed by atoms with Crippen LogP contribution in [0.4, 0.5) is 8.78 Å². The zero-order chi connectivity index (χ0) is 16.1. The van der Waals surface area contributed by atoms with Gasteiger partial charge in [-0.1, -0.05) is 30.3 Å². The van der Waals surface area contributed by atoms with Crippen LogP contribution in [0.25, 0.3) is 16.7 Å². The Kier molecular flexibility index (Phi) is 5.04. The average Bonchev–Trinajstić information content (AvgIpc) is 2.47. The Labute approximate surface area is 128 Å². The topological polar surface area (TPSA) is 29.1 Å². The van der Waals surface area contributed by atoms with Crippen LogP contribution in [0.3, 0.4) is 0 Å². The number of rotatable bonds is 4. The molecule has 0 radical (unpaired) electrons. The summed E-state index contributed by atoms with van der Waals surface area (Å²) in [5, 5.41) is 2.70. The second-order valence-corrected chi connectivity index (χ2v) is 5.03. The van der Waals surface area contributed by atoms with Gasteiger partial charge in [-0.25, -0.2) is 8.78 Å². The fraction of sp³-hybridized carbons (Fsp3) is 0.167. The molecule has 22 heavy (non-hydrogen) atoms. The molecule has 0 heterocycles. The van der Waals surface area contributed by atoms with Gasteiger partial charge in [0.25, 0.3) is 0 Å². The highest BCUT2D eigenvalue weighted by Gasteiger charge is 2.06. The van der Waals surface area contributed by atoms with Crippen LogP contribution in [-0.2, 0) is 4.79 Å². The number of benzene rings is 2. The van der Waals surface area contributed by atoms with Gasteiger partial charge in [-0.2, -0.15) is 0 Å². The van der Waals surface area contributed by atoms with Crippen molar-refractivity contribution in [2.45, 2.75) is 13.8 Å². The lowest BCUT2D eigenvalue weighted by Gasteiger charge is -2.07. The fourth-order valence-electron chi connectivity index (χ4n) is 2.10. The van der Waals surface area contributed by atoms with Crippen LogP contribution in [0.15, 0.2) is 48.5 Å². The van der Waals surface area contributed by atoms with Crippen molar-refractivity contribution in [1.29, 1.82) is 0 Å². The summed E-state index contributed by atoms with van der Waals surface area (Å²) < 4.78 is 26.7. The van der Waals surface area contributed by atoms with Crippen molar-refractivity contribution >= 4 is 11.5 Å². The maximum atomic E-state index is 13.7. The number of amides is 1. The highest BCUT2D eigenvalue weighted by atomic mass is 19.1. The second-order valence-electron chi connectivity index (χ2n) is 5.03. The molecule has 0 saturated carbocycles. The molecule has 0 aliphatic carbocycles. The number of allylic oxidation sites excluding steroid dienone is 1. The quantitative estimate of drug-likeness (QED) is 0.902. The monoisotopic (exact) mass is 301 g/mol. The van der Waals surface area contributed by atoms with Crippen molar-refractivity contribution in [3.05, 3.63) is 65.7 Å². The molecule has 0 aliphatic heterocycles. The van der Waals surface area contributed by atoms with Crippen LogP contribution in [0.1, 0.15) is 19.4 Å². The molecule has 0 atom stereocenters. The molecule has 0 aliphatic rings. The van der Waals surface area contributed by atoms with E-state index in [0.717, 1.165) is 17.2 Å². The van der Waals surface area contributed by atoms with E-state index in [1.165, 1.54) is 19.1 Å². The highest BCUT2D eigenvalue weighted by Crippen LogP contribution is 2.25. The lowest BCUT2D eigenvalue weighted by atomic mass is 10.0. The van der Waals surface area contributed by atoms with Gasteiger partial charge in [0.1, 0.15) is 11.6 Å². The number of nitrogens with one attached hydrogen (secondary N) is 1. The van der Waals surface area contributed by atoms with Crippen molar-refractivity contribution in [2.24, 2.45) is 0 Å². The van der Waals surface area contributed by atoms with Gasteiger partial charge in [-0.3, -0.25) is 4.79 Å². The Balaban J connectivity index is 2.18. The first-order valence-corrected chi connectivity index (χ1v) is 6.94. The number of carbonyl (C=O) groups excluding carboxylic acids is 1. The smallest absolute Gasteiger partial charge is 0.217 e. The average molecular weight is 301 g/mol. The Morgan fingerprint density at radius 3 is 2.36 bits per heavy atom. The molecule has 2 nitrogen and oxygen atoms in total. The molecule has 2 aromatic carbocycles. The number of hydrogen-bond acceptors (Lipinski definition) is 1. The van der Waals surface area contributed by atoms with Crippen molar-refractivity contribution in [3.63, 3.8) is 0 Å². The molecule has 0 spiro atoms. The molecule has 2 aromatic rings. The maximum absolute atomic E-state index is 13.7. The molecule has 4 heteroatoms. The van der Waals surface area contributed by atoms with Gasteiger partial charge in [0, 0.05) is 25.1 Å². The van der Waals surface area contributed by atoms with E-state index < -0.39 is 11.6 Å². The van der Waals surface area contributed by atoms with Crippen molar-refractivity contribution in [3.8, 4) is 11.1 Å². The number of carbonyl (C=O) groups is 1.